The lowest BCUT2D eigenvalue weighted by Crippen LogP contribution is -2.10. The van der Waals surface area contributed by atoms with Crippen LogP contribution in [0.3, 0.4) is 0 Å². The normalized spacial score (nSPS) is 11.7. The maximum absolute atomic E-state index is 11.0. The molecular formula is C22H22N4O4. The van der Waals surface area contributed by atoms with Gasteiger partial charge in [-0.15, -0.1) is 0 Å². The fraction of sp³-hybridized carbons (Fsp3) is 0.273. The van der Waals surface area contributed by atoms with E-state index in [4.69, 9.17) is 9.47 Å². The molecule has 0 aliphatic carbocycles. The Hall–Kier alpha value is -3.86. The number of nitriles is 1. The second-order valence-electron chi connectivity index (χ2n) is 7.07. The maximum atomic E-state index is 11.0. The Morgan fingerprint density at radius 2 is 1.90 bits per heavy atom. The van der Waals surface area contributed by atoms with Crippen LogP contribution in [0.2, 0.25) is 0 Å². The third-order valence-corrected chi connectivity index (χ3v) is 4.54. The molecule has 1 N–H and O–H groups in total. The molecule has 0 aliphatic rings. The van der Waals surface area contributed by atoms with Gasteiger partial charge in [-0.25, -0.2) is 4.98 Å². The van der Waals surface area contributed by atoms with Crippen LogP contribution in [0.4, 0.5) is 11.5 Å². The smallest absolute Gasteiger partial charge is 0.270 e. The Morgan fingerprint density at radius 1 is 1.13 bits per heavy atom. The SMILES string of the molecule is COc1cc(C(C)Nc2cc(C#N)c3cc([N+](=O)[O-])ccc3n2)ccc1OC(C)C. The predicted octanol–water partition coefficient (Wildman–Crippen LogP) is 4.98. The van der Waals surface area contributed by atoms with Gasteiger partial charge in [0.2, 0.25) is 0 Å². The van der Waals surface area contributed by atoms with Crippen molar-refractivity contribution < 1.29 is 14.4 Å². The number of nitrogens with zero attached hydrogens (tertiary/aromatic N) is 3. The van der Waals surface area contributed by atoms with E-state index in [1.165, 1.54) is 12.1 Å². The first-order valence-electron chi connectivity index (χ1n) is 9.42. The third-order valence-electron chi connectivity index (χ3n) is 4.54. The molecule has 0 radical (unpaired) electrons. The molecular weight excluding hydrogens is 384 g/mol. The first-order chi connectivity index (χ1) is 14.3. The van der Waals surface area contributed by atoms with Gasteiger partial charge in [0, 0.05) is 17.5 Å². The molecule has 0 spiro atoms. The number of aromatic nitrogens is 1. The molecule has 2 aromatic carbocycles. The predicted molar refractivity (Wildman–Crippen MR) is 114 cm³/mol. The largest absolute Gasteiger partial charge is 0.493 e. The van der Waals surface area contributed by atoms with Crippen LogP contribution in [0.1, 0.15) is 37.9 Å². The molecule has 30 heavy (non-hydrogen) atoms. The molecule has 0 saturated carbocycles. The van der Waals surface area contributed by atoms with E-state index in [9.17, 15) is 15.4 Å². The Kier molecular flexibility index (Phi) is 6.02. The lowest BCUT2D eigenvalue weighted by Gasteiger charge is -2.19. The van der Waals surface area contributed by atoms with Gasteiger partial charge in [0.05, 0.1) is 41.3 Å². The summed E-state index contributed by atoms with van der Waals surface area (Å²) in [7, 11) is 1.59. The minimum atomic E-state index is -0.491. The highest BCUT2D eigenvalue weighted by molar-refractivity contribution is 5.88. The van der Waals surface area contributed by atoms with Gasteiger partial charge in [0.1, 0.15) is 5.82 Å². The second kappa shape index (κ2) is 8.66. The molecule has 8 heteroatoms. The van der Waals surface area contributed by atoms with Gasteiger partial charge in [-0.1, -0.05) is 6.07 Å². The molecule has 1 aromatic heterocycles. The molecule has 3 rings (SSSR count). The Bertz CT molecular complexity index is 1140. The van der Waals surface area contributed by atoms with Crippen LogP contribution in [-0.4, -0.2) is 23.1 Å². The van der Waals surface area contributed by atoms with Crippen molar-refractivity contribution in [2.75, 3.05) is 12.4 Å². The number of nitro benzene ring substituents is 1. The van der Waals surface area contributed by atoms with Crippen LogP contribution in [-0.2, 0) is 0 Å². The van der Waals surface area contributed by atoms with Crippen LogP contribution in [0.15, 0.2) is 42.5 Å². The summed E-state index contributed by atoms with van der Waals surface area (Å²) in [4.78, 5) is 15.0. The van der Waals surface area contributed by atoms with Gasteiger partial charge in [0.25, 0.3) is 5.69 Å². The van der Waals surface area contributed by atoms with Crippen LogP contribution < -0.4 is 14.8 Å². The highest BCUT2D eigenvalue weighted by atomic mass is 16.6. The number of hydrogen-bond donors (Lipinski definition) is 1. The number of hydrogen-bond acceptors (Lipinski definition) is 7. The van der Waals surface area contributed by atoms with Crippen LogP contribution in [0, 0.1) is 21.4 Å². The van der Waals surface area contributed by atoms with Gasteiger partial charge < -0.3 is 14.8 Å². The monoisotopic (exact) mass is 406 g/mol. The van der Waals surface area contributed by atoms with Crippen molar-refractivity contribution in [2.45, 2.75) is 32.9 Å². The summed E-state index contributed by atoms with van der Waals surface area (Å²) in [6.07, 6.45) is 0.0299. The molecule has 1 unspecified atom stereocenters. The van der Waals surface area contributed by atoms with Crippen LogP contribution in [0.5, 0.6) is 11.5 Å². The van der Waals surface area contributed by atoms with E-state index >= 15 is 0 Å². The minimum Gasteiger partial charge on any atom is -0.493 e. The number of fused-ring (bicyclic) bond motifs is 1. The molecule has 0 amide bonds. The summed E-state index contributed by atoms with van der Waals surface area (Å²) < 4.78 is 11.2. The van der Waals surface area contributed by atoms with Crippen molar-refractivity contribution in [3.05, 3.63) is 63.7 Å². The summed E-state index contributed by atoms with van der Waals surface area (Å²) in [5.41, 5.74) is 1.70. The van der Waals surface area contributed by atoms with Gasteiger partial charge in [-0.05, 0) is 50.6 Å². The first kappa shape index (κ1) is 20.9. The summed E-state index contributed by atoms with van der Waals surface area (Å²) in [6, 6.07) is 13.5. The van der Waals surface area contributed by atoms with Crippen molar-refractivity contribution >= 4 is 22.4 Å². The minimum absolute atomic E-state index is 0.0299. The third kappa shape index (κ3) is 4.41. The van der Waals surface area contributed by atoms with Crippen LogP contribution >= 0.6 is 0 Å². The van der Waals surface area contributed by atoms with Crippen molar-refractivity contribution in [2.24, 2.45) is 0 Å². The number of ether oxygens (including phenoxy) is 2. The number of methoxy groups -OCH3 is 1. The summed E-state index contributed by atoms with van der Waals surface area (Å²) >= 11 is 0. The van der Waals surface area contributed by atoms with E-state index in [0.717, 1.165) is 5.56 Å². The van der Waals surface area contributed by atoms with Gasteiger partial charge in [0.15, 0.2) is 11.5 Å². The Morgan fingerprint density at radius 3 is 2.53 bits per heavy atom. The van der Waals surface area contributed by atoms with Crippen molar-refractivity contribution in [3.8, 4) is 17.6 Å². The average Bonchev–Trinajstić information content (AvgIpc) is 2.72. The zero-order valence-corrected chi connectivity index (χ0v) is 17.2. The number of rotatable bonds is 7. The van der Waals surface area contributed by atoms with Gasteiger partial charge >= 0.3 is 0 Å². The molecule has 3 aromatic rings. The van der Waals surface area contributed by atoms with E-state index < -0.39 is 4.92 Å². The summed E-state index contributed by atoms with van der Waals surface area (Å²) in [5, 5.41) is 24.3. The zero-order valence-electron chi connectivity index (χ0n) is 17.2. The lowest BCUT2D eigenvalue weighted by atomic mass is 10.1. The average molecular weight is 406 g/mol. The highest BCUT2D eigenvalue weighted by Crippen LogP contribution is 2.32. The number of pyridine rings is 1. The number of non-ortho nitro benzene ring substituents is 1. The molecule has 0 fully saturated rings. The molecule has 0 aliphatic heterocycles. The van der Waals surface area contributed by atoms with E-state index in [1.54, 1.807) is 19.2 Å². The molecule has 1 heterocycles. The van der Waals surface area contributed by atoms with Crippen LogP contribution in [0.25, 0.3) is 10.9 Å². The number of anilines is 1. The Balaban J connectivity index is 1.91. The maximum Gasteiger partial charge on any atom is 0.270 e. The topological polar surface area (TPSA) is 110 Å². The fourth-order valence-electron chi connectivity index (χ4n) is 3.10. The standard InChI is InChI=1S/C22H22N4O4/c1-13(2)30-20-8-5-15(9-21(20)29-4)14(3)24-22-10-16(12-23)18-11-17(26(27)28)6-7-19(18)25-22/h5-11,13-14H,1-4H3,(H,24,25). The van der Waals surface area contributed by atoms with E-state index in [-0.39, 0.29) is 17.8 Å². The van der Waals surface area contributed by atoms with Crippen molar-refractivity contribution in [1.82, 2.24) is 4.98 Å². The van der Waals surface area contributed by atoms with Crippen molar-refractivity contribution in [1.29, 1.82) is 5.26 Å². The summed E-state index contributed by atoms with van der Waals surface area (Å²) in [6.45, 7) is 5.86. The number of nitro groups is 1. The highest BCUT2D eigenvalue weighted by Gasteiger charge is 2.15. The Labute approximate surface area is 174 Å². The van der Waals surface area contributed by atoms with E-state index in [0.29, 0.717) is 33.8 Å². The van der Waals surface area contributed by atoms with Gasteiger partial charge in [-0.3, -0.25) is 10.1 Å². The fourth-order valence-corrected chi connectivity index (χ4v) is 3.10. The second-order valence-corrected chi connectivity index (χ2v) is 7.07. The molecule has 8 nitrogen and oxygen atoms in total. The number of nitrogens with one attached hydrogen (secondary N) is 1. The lowest BCUT2D eigenvalue weighted by molar-refractivity contribution is -0.384. The molecule has 154 valence electrons. The van der Waals surface area contributed by atoms with Gasteiger partial charge in [-0.2, -0.15) is 5.26 Å². The summed E-state index contributed by atoms with van der Waals surface area (Å²) in [5.74, 6) is 1.80. The van der Waals surface area contributed by atoms with E-state index in [1.807, 2.05) is 39.0 Å². The zero-order chi connectivity index (χ0) is 21.8. The molecule has 1 atom stereocenters. The quantitative estimate of drug-likeness (QED) is 0.435. The molecule has 0 bridgehead atoms. The first-order valence-corrected chi connectivity index (χ1v) is 9.42. The molecule has 0 saturated heterocycles. The van der Waals surface area contributed by atoms with Crippen molar-refractivity contribution in [3.63, 3.8) is 0 Å². The number of benzene rings is 2. The van der Waals surface area contributed by atoms with E-state index in [2.05, 4.69) is 16.4 Å².